The molecule has 2 N–H and O–H groups in total. The number of sulfonamides is 1. The standard InChI is InChI=1S/C33H31F2N3O4S/c1-21-28-19-36-38(26-14-12-25(34)13-15-26)30(28)18-23-10-11-24(32(21)23)20-37(17-16-22-6-2-4-8-29(22)35)43(41,42)31-9-5-3-7-27(31)33(39)40/h2-9,12-15,18-19,21,24,36H,10-11,16-17,20H2,1H3,(H,39,40)/t21-,24+/m0/s1. The van der Waals surface area contributed by atoms with Gasteiger partial charge in [0.05, 0.1) is 21.8 Å². The summed E-state index contributed by atoms with van der Waals surface area (Å²) in [4.78, 5) is 11.7. The Balaban J connectivity index is 1.33. The number of carbonyl (C=O) groups is 1. The van der Waals surface area contributed by atoms with Crippen molar-refractivity contribution in [2.75, 3.05) is 18.1 Å². The zero-order chi connectivity index (χ0) is 30.3. The van der Waals surface area contributed by atoms with Crippen LogP contribution in [0.5, 0.6) is 0 Å². The van der Waals surface area contributed by atoms with Gasteiger partial charge >= 0.3 is 5.97 Å². The van der Waals surface area contributed by atoms with E-state index in [9.17, 15) is 27.1 Å². The van der Waals surface area contributed by atoms with Crippen LogP contribution in [0.3, 0.4) is 0 Å². The Labute approximate surface area is 249 Å². The molecule has 43 heavy (non-hydrogen) atoms. The number of hydrogen-bond acceptors (Lipinski definition) is 5. The molecule has 0 amide bonds. The topological polar surface area (TPSA) is 90.0 Å². The molecule has 1 aliphatic heterocycles. The summed E-state index contributed by atoms with van der Waals surface area (Å²) >= 11 is 0. The number of carboxylic acids is 1. The third kappa shape index (κ3) is 5.36. The number of rotatable bonds is 9. The number of hydrazine groups is 1. The number of anilines is 1. The molecule has 0 fully saturated rings. The highest BCUT2D eigenvalue weighted by Gasteiger charge is 2.40. The summed E-state index contributed by atoms with van der Waals surface area (Å²) in [5, 5.41) is 11.7. The number of aromatic carboxylic acids is 1. The summed E-state index contributed by atoms with van der Waals surface area (Å²) in [6, 6.07) is 18.1. The Kier molecular flexibility index (Phi) is 7.66. The molecule has 3 aromatic rings. The molecule has 0 saturated heterocycles. The minimum absolute atomic E-state index is 0.00556. The molecule has 0 bridgehead atoms. The Morgan fingerprint density at radius 1 is 1.05 bits per heavy atom. The summed E-state index contributed by atoms with van der Waals surface area (Å²) in [5.41, 5.74) is 8.47. The number of benzene rings is 3. The lowest BCUT2D eigenvalue weighted by molar-refractivity contribution is 0.0692. The van der Waals surface area contributed by atoms with E-state index < -0.39 is 21.8 Å². The molecular weight excluding hydrogens is 572 g/mol. The van der Waals surface area contributed by atoms with E-state index in [1.165, 1.54) is 46.8 Å². The van der Waals surface area contributed by atoms with Crippen LogP contribution >= 0.6 is 0 Å². The first kappa shape index (κ1) is 28.8. The molecule has 0 radical (unpaired) electrons. The van der Waals surface area contributed by atoms with E-state index in [2.05, 4.69) is 18.4 Å². The summed E-state index contributed by atoms with van der Waals surface area (Å²) in [6.07, 6.45) is 5.66. The molecule has 3 aliphatic rings. The van der Waals surface area contributed by atoms with Crippen LogP contribution in [0.25, 0.3) is 0 Å². The lowest BCUT2D eigenvalue weighted by Gasteiger charge is -2.32. The molecule has 0 spiro atoms. The molecule has 222 valence electrons. The average Bonchev–Trinajstić information content (AvgIpc) is 3.61. The highest BCUT2D eigenvalue weighted by Crippen LogP contribution is 2.48. The Hall–Kier alpha value is -4.28. The second kappa shape index (κ2) is 11.4. The van der Waals surface area contributed by atoms with Gasteiger partial charge in [-0.05, 0) is 84.9 Å². The molecule has 2 aliphatic carbocycles. The van der Waals surface area contributed by atoms with Crippen LogP contribution in [0.15, 0.2) is 112 Å². The lowest BCUT2D eigenvalue weighted by atomic mass is 9.80. The van der Waals surface area contributed by atoms with Gasteiger partial charge in [-0.2, -0.15) is 4.31 Å². The highest BCUT2D eigenvalue weighted by molar-refractivity contribution is 7.89. The summed E-state index contributed by atoms with van der Waals surface area (Å²) in [6.45, 7) is 2.23. The molecule has 6 rings (SSSR count). The zero-order valence-corrected chi connectivity index (χ0v) is 24.3. The van der Waals surface area contributed by atoms with Crippen molar-refractivity contribution in [3.05, 3.63) is 130 Å². The van der Waals surface area contributed by atoms with E-state index in [4.69, 9.17) is 0 Å². The Morgan fingerprint density at radius 2 is 1.77 bits per heavy atom. The van der Waals surface area contributed by atoms with Crippen molar-refractivity contribution < 1.29 is 27.1 Å². The molecule has 2 atom stereocenters. The van der Waals surface area contributed by atoms with Gasteiger partial charge < -0.3 is 10.5 Å². The number of nitrogens with one attached hydrogen (secondary N) is 1. The van der Waals surface area contributed by atoms with Crippen LogP contribution in [0.4, 0.5) is 14.5 Å². The second-order valence-corrected chi connectivity index (χ2v) is 12.9. The van der Waals surface area contributed by atoms with Gasteiger partial charge in [-0.1, -0.05) is 42.8 Å². The van der Waals surface area contributed by atoms with Crippen LogP contribution in [0.1, 0.15) is 35.7 Å². The van der Waals surface area contributed by atoms with Crippen LogP contribution in [0, 0.1) is 23.5 Å². The molecule has 1 heterocycles. The number of hydrogen-bond donors (Lipinski definition) is 2. The minimum atomic E-state index is -4.24. The van der Waals surface area contributed by atoms with Gasteiger partial charge in [-0.15, -0.1) is 0 Å². The van der Waals surface area contributed by atoms with Gasteiger partial charge in [-0.3, -0.25) is 5.01 Å². The first-order valence-corrected chi connectivity index (χ1v) is 15.6. The number of fused-ring (bicyclic) bond motifs is 1. The Bertz CT molecular complexity index is 1780. The molecule has 0 aromatic heterocycles. The largest absolute Gasteiger partial charge is 0.478 e. The van der Waals surface area contributed by atoms with E-state index in [0.29, 0.717) is 5.56 Å². The third-order valence-corrected chi connectivity index (χ3v) is 10.5. The minimum Gasteiger partial charge on any atom is -0.478 e. The van der Waals surface area contributed by atoms with Crippen molar-refractivity contribution in [3.8, 4) is 0 Å². The molecule has 0 saturated carbocycles. The monoisotopic (exact) mass is 603 g/mol. The summed E-state index contributed by atoms with van der Waals surface area (Å²) in [5.74, 6) is -2.18. The number of halogens is 2. The van der Waals surface area contributed by atoms with Crippen LogP contribution in [-0.2, 0) is 16.4 Å². The third-order valence-electron chi connectivity index (χ3n) is 8.54. The predicted octanol–water partition coefficient (Wildman–Crippen LogP) is 6.05. The highest BCUT2D eigenvalue weighted by atomic mass is 32.2. The SMILES string of the molecule is C[C@H]1C2=CNN(c3ccc(F)cc3)C2=CC2=C1[C@@H](CN(CCc1ccccc1F)S(=O)(=O)c1ccccc1C(=O)O)CC2. The number of carboxylic acid groups (broad SMARTS) is 1. The van der Waals surface area contributed by atoms with Crippen molar-refractivity contribution in [2.45, 2.75) is 31.1 Å². The maximum absolute atomic E-state index is 14.5. The first-order valence-electron chi connectivity index (χ1n) is 14.2. The maximum atomic E-state index is 14.5. The quantitative estimate of drug-likeness (QED) is 0.310. The van der Waals surface area contributed by atoms with Crippen molar-refractivity contribution in [3.63, 3.8) is 0 Å². The second-order valence-electron chi connectivity index (χ2n) is 11.0. The fourth-order valence-corrected chi connectivity index (χ4v) is 8.09. The van der Waals surface area contributed by atoms with Crippen molar-refractivity contribution in [1.29, 1.82) is 0 Å². The van der Waals surface area contributed by atoms with E-state index in [1.807, 2.05) is 11.2 Å². The fourth-order valence-electron chi connectivity index (χ4n) is 6.42. The Morgan fingerprint density at radius 3 is 2.51 bits per heavy atom. The smallest absolute Gasteiger partial charge is 0.337 e. The van der Waals surface area contributed by atoms with Crippen LogP contribution in [0.2, 0.25) is 0 Å². The van der Waals surface area contributed by atoms with Gasteiger partial charge in [0, 0.05) is 30.8 Å². The normalized spacial score (nSPS) is 19.6. The van der Waals surface area contributed by atoms with Crippen LogP contribution in [-0.4, -0.2) is 36.9 Å². The lowest BCUT2D eigenvalue weighted by Crippen LogP contribution is -2.38. The molecule has 7 nitrogen and oxygen atoms in total. The van der Waals surface area contributed by atoms with Gasteiger partial charge in [0.25, 0.3) is 0 Å². The number of allylic oxidation sites excluding steroid dienone is 3. The molecule has 3 aromatic carbocycles. The predicted molar refractivity (Wildman–Crippen MR) is 159 cm³/mol. The summed E-state index contributed by atoms with van der Waals surface area (Å²) in [7, 11) is -4.24. The van der Waals surface area contributed by atoms with E-state index >= 15 is 0 Å². The molecule has 10 heteroatoms. The van der Waals surface area contributed by atoms with Gasteiger partial charge in [0.1, 0.15) is 11.6 Å². The molecular formula is C33H31F2N3O4S. The van der Waals surface area contributed by atoms with E-state index in [-0.39, 0.29) is 47.6 Å². The maximum Gasteiger partial charge on any atom is 0.337 e. The summed E-state index contributed by atoms with van der Waals surface area (Å²) < 4.78 is 57.6. The van der Waals surface area contributed by atoms with Crippen molar-refractivity contribution in [1.82, 2.24) is 9.73 Å². The van der Waals surface area contributed by atoms with Gasteiger partial charge in [0.2, 0.25) is 10.0 Å². The fraction of sp³-hybridized carbons (Fsp3) is 0.242. The average molecular weight is 604 g/mol. The number of nitrogens with zero attached hydrogens (tertiary/aromatic N) is 2. The van der Waals surface area contributed by atoms with Gasteiger partial charge in [0.15, 0.2) is 0 Å². The zero-order valence-electron chi connectivity index (χ0n) is 23.5. The van der Waals surface area contributed by atoms with Crippen molar-refractivity contribution >= 4 is 21.7 Å². The van der Waals surface area contributed by atoms with E-state index in [0.717, 1.165) is 40.9 Å². The van der Waals surface area contributed by atoms with E-state index in [1.54, 1.807) is 30.3 Å². The van der Waals surface area contributed by atoms with Crippen LogP contribution < -0.4 is 10.4 Å². The van der Waals surface area contributed by atoms with Crippen molar-refractivity contribution in [2.24, 2.45) is 11.8 Å². The molecule has 0 unspecified atom stereocenters. The van der Waals surface area contributed by atoms with Gasteiger partial charge in [-0.25, -0.2) is 22.0 Å². The first-order chi connectivity index (χ1) is 20.6.